The lowest BCUT2D eigenvalue weighted by Crippen LogP contribution is -2.12. The van der Waals surface area contributed by atoms with E-state index < -0.39 is 5.91 Å². The second-order valence-electron chi connectivity index (χ2n) is 5.62. The van der Waals surface area contributed by atoms with Crippen LogP contribution in [-0.4, -0.2) is 10.9 Å². The smallest absolute Gasteiger partial charge is 0.260 e. The number of anilines is 2. The maximum Gasteiger partial charge on any atom is 0.260 e. The molecule has 1 aliphatic carbocycles. The largest absolute Gasteiger partial charge is 0.397 e. The van der Waals surface area contributed by atoms with E-state index in [0.29, 0.717) is 21.5 Å². The molecule has 0 spiro atoms. The summed E-state index contributed by atoms with van der Waals surface area (Å²) in [6, 6.07) is 2.16. The van der Waals surface area contributed by atoms with Crippen LogP contribution in [0.15, 0.2) is 0 Å². The highest BCUT2D eigenvalue weighted by Gasteiger charge is 2.27. The number of pyridine rings is 1. The third-order valence-corrected chi connectivity index (χ3v) is 5.41. The van der Waals surface area contributed by atoms with Crippen LogP contribution in [0.2, 0.25) is 0 Å². The van der Waals surface area contributed by atoms with Crippen LogP contribution in [0.25, 0.3) is 10.2 Å². The van der Waals surface area contributed by atoms with Crippen LogP contribution in [0.4, 0.5) is 11.5 Å². The summed E-state index contributed by atoms with van der Waals surface area (Å²) in [5, 5.41) is 10.2. The van der Waals surface area contributed by atoms with E-state index in [1.54, 1.807) is 0 Å². The van der Waals surface area contributed by atoms with Crippen LogP contribution in [-0.2, 0) is 0 Å². The minimum absolute atomic E-state index is 0.202. The van der Waals surface area contributed by atoms with E-state index in [2.05, 4.69) is 11.1 Å². The van der Waals surface area contributed by atoms with E-state index in [1.165, 1.54) is 6.42 Å². The predicted molar refractivity (Wildman–Crippen MR) is 87.5 cm³/mol. The number of nitrogen functional groups attached to an aromatic ring is 2. The molecule has 0 saturated heterocycles. The number of carbonyl (C=O) groups excluding carboxylic acids is 1. The van der Waals surface area contributed by atoms with E-state index in [0.717, 1.165) is 42.6 Å². The number of fused-ring (bicyclic) bond motifs is 1. The number of nitrogens with zero attached hydrogens (tertiary/aromatic N) is 2. The molecule has 1 saturated carbocycles. The molecule has 2 aromatic rings. The van der Waals surface area contributed by atoms with Gasteiger partial charge in [0, 0.05) is 5.39 Å². The van der Waals surface area contributed by atoms with Gasteiger partial charge in [-0.2, -0.15) is 5.26 Å². The van der Waals surface area contributed by atoms with Gasteiger partial charge in [-0.3, -0.25) is 4.79 Å². The number of hydrogen-bond donors (Lipinski definition) is 3. The van der Waals surface area contributed by atoms with Gasteiger partial charge in [-0.05, 0) is 24.3 Å². The Hall–Kier alpha value is -2.33. The van der Waals surface area contributed by atoms with Crippen LogP contribution in [0, 0.1) is 11.3 Å². The summed E-state index contributed by atoms with van der Waals surface area (Å²) in [4.78, 5) is 16.7. The zero-order valence-electron chi connectivity index (χ0n) is 12.1. The van der Waals surface area contributed by atoms with E-state index in [9.17, 15) is 10.1 Å². The van der Waals surface area contributed by atoms with Crippen LogP contribution in [0.1, 0.15) is 58.8 Å². The number of hydrogen-bond acceptors (Lipinski definition) is 6. The fourth-order valence-electron chi connectivity index (χ4n) is 3.30. The third kappa shape index (κ3) is 2.16. The number of aromatic nitrogens is 1. The first-order valence-electron chi connectivity index (χ1n) is 7.25. The Morgan fingerprint density at radius 2 is 1.95 bits per heavy atom. The van der Waals surface area contributed by atoms with Crippen molar-refractivity contribution >= 4 is 39.0 Å². The number of rotatable bonds is 2. The zero-order chi connectivity index (χ0) is 15.9. The molecule has 2 aromatic heterocycles. The van der Waals surface area contributed by atoms with Crippen molar-refractivity contribution in [2.75, 3.05) is 11.5 Å². The lowest BCUT2D eigenvalue weighted by molar-refractivity contribution is 0.100. The van der Waals surface area contributed by atoms with E-state index in [1.807, 2.05) is 0 Å². The van der Waals surface area contributed by atoms with Crippen LogP contribution in [0.3, 0.4) is 0 Å². The molecule has 0 aliphatic heterocycles. The monoisotopic (exact) mass is 315 g/mol. The van der Waals surface area contributed by atoms with Gasteiger partial charge in [0.15, 0.2) is 0 Å². The van der Waals surface area contributed by atoms with Crippen molar-refractivity contribution < 1.29 is 4.79 Å². The molecule has 1 amide bonds. The van der Waals surface area contributed by atoms with Crippen molar-refractivity contribution in [3.63, 3.8) is 0 Å². The summed E-state index contributed by atoms with van der Waals surface area (Å²) in [7, 11) is 0. The normalized spacial score (nSPS) is 15.8. The Morgan fingerprint density at radius 3 is 2.55 bits per heavy atom. The summed E-state index contributed by atoms with van der Waals surface area (Å²) < 4.78 is 0. The van der Waals surface area contributed by atoms with Gasteiger partial charge in [-0.25, -0.2) is 4.98 Å². The topological polar surface area (TPSA) is 132 Å². The summed E-state index contributed by atoms with van der Waals surface area (Å²) in [6.07, 6.45) is 5.43. The minimum atomic E-state index is -0.577. The molecule has 2 heterocycles. The van der Waals surface area contributed by atoms with Crippen molar-refractivity contribution in [1.29, 1.82) is 5.26 Å². The second kappa shape index (κ2) is 5.46. The molecular weight excluding hydrogens is 298 g/mol. The second-order valence-corrected chi connectivity index (χ2v) is 6.62. The number of amides is 1. The van der Waals surface area contributed by atoms with Gasteiger partial charge in [-0.15, -0.1) is 11.3 Å². The van der Waals surface area contributed by atoms with Gasteiger partial charge in [0.2, 0.25) is 0 Å². The van der Waals surface area contributed by atoms with Crippen LogP contribution >= 0.6 is 11.3 Å². The van der Waals surface area contributed by atoms with Gasteiger partial charge in [0.05, 0.1) is 11.3 Å². The molecule has 22 heavy (non-hydrogen) atoms. The average Bonchev–Trinajstić information content (AvgIpc) is 2.83. The molecular formula is C15H17N5OS. The van der Waals surface area contributed by atoms with Crippen molar-refractivity contribution in [3.8, 4) is 6.07 Å². The molecule has 0 bridgehead atoms. The lowest BCUT2D eigenvalue weighted by Gasteiger charge is -2.24. The quantitative estimate of drug-likeness (QED) is 0.783. The predicted octanol–water partition coefficient (Wildman–Crippen LogP) is 2.48. The zero-order valence-corrected chi connectivity index (χ0v) is 12.9. The molecule has 0 radical (unpaired) electrons. The number of primary amides is 1. The van der Waals surface area contributed by atoms with E-state index in [4.69, 9.17) is 17.2 Å². The van der Waals surface area contributed by atoms with Gasteiger partial charge in [0.25, 0.3) is 5.91 Å². The van der Waals surface area contributed by atoms with Crippen molar-refractivity contribution in [2.24, 2.45) is 5.73 Å². The van der Waals surface area contributed by atoms with Gasteiger partial charge in [0.1, 0.15) is 21.6 Å². The Bertz CT molecular complexity index is 799. The summed E-state index contributed by atoms with van der Waals surface area (Å²) in [5.74, 6) is -0.145. The van der Waals surface area contributed by atoms with Crippen molar-refractivity contribution in [1.82, 2.24) is 4.98 Å². The molecule has 114 valence electrons. The Morgan fingerprint density at radius 1 is 1.27 bits per heavy atom. The third-order valence-electron chi connectivity index (χ3n) is 4.29. The molecule has 0 atom stereocenters. The van der Waals surface area contributed by atoms with Crippen LogP contribution in [0.5, 0.6) is 0 Å². The molecule has 7 heteroatoms. The van der Waals surface area contributed by atoms with Gasteiger partial charge >= 0.3 is 0 Å². The molecule has 6 N–H and O–H groups in total. The first-order chi connectivity index (χ1) is 10.5. The maximum absolute atomic E-state index is 11.5. The van der Waals surface area contributed by atoms with Crippen molar-refractivity contribution in [3.05, 3.63) is 16.0 Å². The minimum Gasteiger partial charge on any atom is -0.397 e. The highest BCUT2D eigenvalue weighted by Crippen LogP contribution is 2.44. The number of nitriles is 1. The average molecular weight is 315 g/mol. The van der Waals surface area contributed by atoms with E-state index in [-0.39, 0.29) is 16.6 Å². The molecule has 3 rings (SSSR count). The molecule has 1 aliphatic rings. The molecule has 1 fully saturated rings. The fourth-order valence-corrected chi connectivity index (χ4v) is 4.27. The molecule has 0 unspecified atom stereocenters. The highest BCUT2D eigenvalue weighted by atomic mass is 32.1. The number of nitrogens with two attached hydrogens (primary N) is 3. The maximum atomic E-state index is 11.5. The summed E-state index contributed by atoms with van der Waals surface area (Å²) in [6.45, 7) is 0. The Labute approximate surface area is 131 Å². The first kappa shape index (κ1) is 14.6. The SMILES string of the molecule is N#Cc1c(N)nc2sc(C(N)=O)c(N)c2c1C1CCCCC1. The van der Waals surface area contributed by atoms with Gasteiger partial charge in [-0.1, -0.05) is 19.3 Å². The summed E-state index contributed by atoms with van der Waals surface area (Å²) >= 11 is 1.14. The van der Waals surface area contributed by atoms with E-state index >= 15 is 0 Å². The Kier molecular flexibility index (Phi) is 3.62. The number of thiophene rings is 1. The lowest BCUT2D eigenvalue weighted by atomic mass is 9.81. The fraction of sp³-hybridized carbons (Fsp3) is 0.400. The standard InChI is InChI=1S/C15H17N5OS/c16-6-8-9(7-4-2-1-3-5-7)10-11(17)12(14(19)21)22-15(10)20-13(8)18/h7H,1-5,17H2,(H2,18,20)(H2,19,21). The highest BCUT2D eigenvalue weighted by molar-refractivity contribution is 7.21. The van der Waals surface area contributed by atoms with Crippen molar-refractivity contribution in [2.45, 2.75) is 38.0 Å². The van der Waals surface area contributed by atoms with Gasteiger partial charge < -0.3 is 17.2 Å². The molecule has 0 aromatic carbocycles. The number of carbonyl (C=O) groups is 1. The summed E-state index contributed by atoms with van der Waals surface area (Å²) in [5.41, 5.74) is 19.1. The first-order valence-corrected chi connectivity index (χ1v) is 8.07. The van der Waals surface area contributed by atoms with Crippen LogP contribution < -0.4 is 17.2 Å². The molecule has 6 nitrogen and oxygen atoms in total. The Balaban J connectivity index is 2.34.